The Morgan fingerprint density at radius 1 is 0.818 bits per heavy atom. The van der Waals surface area contributed by atoms with Crippen LogP contribution in [-0.4, -0.2) is 64.6 Å². The molecule has 4 atom stereocenters. The molecule has 4 amide bonds. The number of nitrogens with one attached hydrogen (secondary N) is 5. The van der Waals surface area contributed by atoms with E-state index in [1.165, 1.54) is 0 Å². The van der Waals surface area contributed by atoms with Crippen LogP contribution in [0, 0.1) is 5.92 Å². The number of rotatable bonds is 15. The van der Waals surface area contributed by atoms with Crippen LogP contribution >= 0.6 is 0 Å². The first kappa shape index (κ1) is 34.0. The molecule has 0 spiro atoms. The first-order chi connectivity index (χ1) is 21.0. The minimum absolute atomic E-state index is 0.0842. The van der Waals surface area contributed by atoms with E-state index in [2.05, 4.69) is 31.7 Å². The van der Waals surface area contributed by atoms with E-state index >= 15 is 0 Å². The molecular formula is C33H45N7O4. The summed E-state index contributed by atoms with van der Waals surface area (Å²) < 4.78 is 1.70. The predicted octanol–water partition coefficient (Wildman–Crippen LogP) is 2.51. The monoisotopic (exact) mass is 603 g/mol. The van der Waals surface area contributed by atoms with Gasteiger partial charge in [-0.1, -0.05) is 50.2 Å². The number of amides is 4. The van der Waals surface area contributed by atoms with E-state index in [1.54, 1.807) is 42.1 Å². The molecule has 5 N–H and O–H groups in total. The largest absolute Gasteiger partial charge is 0.355 e. The summed E-state index contributed by atoms with van der Waals surface area (Å²) in [5, 5.41) is 19.0. The molecule has 44 heavy (non-hydrogen) atoms. The van der Waals surface area contributed by atoms with Gasteiger partial charge in [-0.15, -0.1) is 0 Å². The Morgan fingerprint density at radius 2 is 1.48 bits per heavy atom. The summed E-state index contributed by atoms with van der Waals surface area (Å²) in [6.07, 6.45) is 2.19. The molecule has 11 nitrogen and oxygen atoms in total. The van der Waals surface area contributed by atoms with E-state index in [9.17, 15) is 19.2 Å². The number of aryl methyl sites for hydroxylation is 1. The number of likely N-dealkylation sites (N-methyl/N-ethyl adjacent to an activating group) is 1. The third-order valence-corrected chi connectivity index (χ3v) is 7.36. The summed E-state index contributed by atoms with van der Waals surface area (Å²) in [4.78, 5) is 51.8. The number of hydrogen-bond donors (Lipinski definition) is 5. The van der Waals surface area contributed by atoms with Gasteiger partial charge in [-0.25, -0.2) is 0 Å². The van der Waals surface area contributed by atoms with Gasteiger partial charge in [0.2, 0.25) is 11.8 Å². The van der Waals surface area contributed by atoms with Crippen molar-refractivity contribution in [2.24, 2.45) is 13.0 Å². The Morgan fingerprint density at radius 3 is 2.07 bits per heavy atom. The van der Waals surface area contributed by atoms with Crippen LogP contribution in [0.3, 0.4) is 0 Å². The van der Waals surface area contributed by atoms with Crippen LogP contribution < -0.4 is 26.6 Å². The van der Waals surface area contributed by atoms with Crippen LogP contribution in [-0.2, 0) is 23.1 Å². The van der Waals surface area contributed by atoms with Crippen molar-refractivity contribution in [1.82, 2.24) is 36.4 Å². The Bertz CT molecular complexity index is 1410. The number of carbonyl (C=O) groups excluding carboxylic acids is 4. The second kappa shape index (κ2) is 16.4. The average molecular weight is 604 g/mol. The van der Waals surface area contributed by atoms with E-state index in [0.717, 1.165) is 11.3 Å². The van der Waals surface area contributed by atoms with E-state index in [0.29, 0.717) is 30.6 Å². The fourth-order valence-electron chi connectivity index (χ4n) is 4.82. The minimum atomic E-state index is -0.650. The number of hydrogen-bond acceptors (Lipinski definition) is 6. The van der Waals surface area contributed by atoms with Gasteiger partial charge in [0.1, 0.15) is 6.04 Å². The molecule has 0 radical (unpaired) electrons. The third kappa shape index (κ3) is 9.77. The van der Waals surface area contributed by atoms with Gasteiger partial charge in [-0.3, -0.25) is 23.9 Å². The molecule has 0 saturated heterocycles. The maximum Gasteiger partial charge on any atom is 0.251 e. The van der Waals surface area contributed by atoms with E-state index in [1.807, 2.05) is 71.1 Å². The van der Waals surface area contributed by atoms with E-state index in [4.69, 9.17) is 0 Å². The lowest BCUT2D eigenvalue weighted by Crippen LogP contribution is -2.55. The van der Waals surface area contributed by atoms with Crippen molar-refractivity contribution in [2.45, 2.75) is 65.2 Å². The molecule has 0 fully saturated rings. The summed E-state index contributed by atoms with van der Waals surface area (Å²) in [6, 6.07) is 16.2. The van der Waals surface area contributed by atoms with Crippen molar-refractivity contribution < 1.29 is 19.2 Å². The topological polar surface area (TPSA) is 146 Å². The van der Waals surface area contributed by atoms with Crippen LogP contribution in [0.1, 0.15) is 72.6 Å². The third-order valence-electron chi connectivity index (χ3n) is 7.36. The maximum atomic E-state index is 13.4. The first-order valence-corrected chi connectivity index (χ1v) is 15.0. The molecule has 1 aromatic heterocycles. The van der Waals surface area contributed by atoms with Gasteiger partial charge in [-0.2, -0.15) is 5.10 Å². The zero-order chi connectivity index (χ0) is 32.2. The highest BCUT2D eigenvalue weighted by Gasteiger charge is 2.26. The molecule has 0 aliphatic carbocycles. The Hall–Kier alpha value is -4.51. The fraction of sp³-hybridized carbons (Fsp3) is 0.424. The van der Waals surface area contributed by atoms with Crippen LogP contribution in [0.2, 0.25) is 0 Å². The van der Waals surface area contributed by atoms with E-state index in [-0.39, 0.29) is 41.6 Å². The highest BCUT2D eigenvalue weighted by atomic mass is 16.2. The number of carbonyl (C=O) groups is 4. The lowest BCUT2D eigenvalue weighted by Gasteiger charge is -2.25. The lowest BCUT2D eigenvalue weighted by atomic mass is 10.0. The molecule has 3 aromatic rings. The zero-order valence-electron chi connectivity index (χ0n) is 26.4. The Kier molecular flexibility index (Phi) is 12.6. The average Bonchev–Trinajstić information content (AvgIpc) is 3.44. The fourth-order valence-corrected chi connectivity index (χ4v) is 4.82. The van der Waals surface area contributed by atoms with Gasteiger partial charge in [0.15, 0.2) is 0 Å². The van der Waals surface area contributed by atoms with Crippen LogP contribution in [0.5, 0.6) is 0 Å². The van der Waals surface area contributed by atoms with Crippen molar-refractivity contribution in [3.05, 3.63) is 89.2 Å². The molecule has 0 aliphatic heterocycles. The number of benzene rings is 2. The van der Waals surface area contributed by atoms with Crippen molar-refractivity contribution in [3.8, 4) is 0 Å². The Labute approximate surface area is 259 Å². The minimum Gasteiger partial charge on any atom is -0.355 e. The molecular weight excluding hydrogens is 558 g/mol. The van der Waals surface area contributed by atoms with Crippen LogP contribution in [0.25, 0.3) is 0 Å². The molecule has 11 heteroatoms. The SMILES string of the molecule is CCNC(=O)[C@@H](NC(=O)[C@H](C)NC[C@H](Cc1ccccc1)NC(=O)c1cccc(C(=O)NC(C)c2ccnn2C)c1)C(C)C. The smallest absolute Gasteiger partial charge is 0.251 e. The summed E-state index contributed by atoms with van der Waals surface area (Å²) in [5.74, 6) is -1.25. The quantitative estimate of drug-likeness (QED) is 0.180. The summed E-state index contributed by atoms with van der Waals surface area (Å²) in [7, 11) is 1.81. The molecule has 0 saturated carbocycles. The summed E-state index contributed by atoms with van der Waals surface area (Å²) in [6.45, 7) is 9.96. The van der Waals surface area contributed by atoms with Crippen molar-refractivity contribution in [3.63, 3.8) is 0 Å². The van der Waals surface area contributed by atoms with Crippen molar-refractivity contribution in [2.75, 3.05) is 13.1 Å². The number of nitrogens with zero attached hydrogens (tertiary/aromatic N) is 2. The second-order valence-electron chi connectivity index (χ2n) is 11.3. The zero-order valence-corrected chi connectivity index (χ0v) is 26.4. The number of aromatic nitrogens is 2. The normalized spacial score (nSPS) is 13.8. The van der Waals surface area contributed by atoms with Gasteiger partial charge in [-0.05, 0) is 62.9 Å². The second-order valence-corrected chi connectivity index (χ2v) is 11.3. The van der Waals surface area contributed by atoms with Crippen molar-refractivity contribution >= 4 is 23.6 Å². The highest BCUT2D eigenvalue weighted by molar-refractivity contribution is 6.00. The molecule has 3 rings (SSSR count). The van der Waals surface area contributed by atoms with Crippen molar-refractivity contribution in [1.29, 1.82) is 0 Å². The van der Waals surface area contributed by atoms with Gasteiger partial charge in [0, 0.05) is 43.5 Å². The molecule has 1 heterocycles. The van der Waals surface area contributed by atoms with Gasteiger partial charge >= 0.3 is 0 Å². The first-order valence-electron chi connectivity index (χ1n) is 15.0. The molecule has 2 aromatic carbocycles. The van der Waals surface area contributed by atoms with Gasteiger partial charge in [0.25, 0.3) is 11.8 Å². The maximum absolute atomic E-state index is 13.4. The Balaban J connectivity index is 1.68. The van der Waals surface area contributed by atoms with Gasteiger partial charge < -0.3 is 26.6 Å². The molecule has 236 valence electrons. The van der Waals surface area contributed by atoms with Gasteiger partial charge in [0.05, 0.1) is 17.8 Å². The summed E-state index contributed by atoms with van der Waals surface area (Å²) in [5.41, 5.74) is 2.58. The molecule has 0 aliphatic rings. The highest BCUT2D eigenvalue weighted by Crippen LogP contribution is 2.13. The molecule has 1 unspecified atom stereocenters. The van der Waals surface area contributed by atoms with E-state index < -0.39 is 12.1 Å². The lowest BCUT2D eigenvalue weighted by molar-refractivity contribution is -0.130. The molecule has 0 bridgehead atoms. The summed E-state index contributed by atoms with van der Waals surface area (Å²) >= 11 is 0. The van der Waals surface area contributed by atoms with Crippen LogP contribution in [0.15, 0.2) is 66.9 Å². The van der Waals surface area contributed by atoms with Crippen LogP contribution in [0.4, 0.5) is 0 Å². The predicted molar refractivity (Wildman–Crippen MR) is 170 cm³/mol. The standard InChI is InChI=1S/C33H45N7O4/c1-7-34-33(44)29(21(2)3)39-30(41)23(5)35-20-27(18-24-12-9-8-10-13-24)38-32(43)26-15-11-14-25(19-26)31(42)37-22(4)28-16-17-36-40(28)6/h8-17,19,21-23,27,29,35H,7,18,20H2,1-6H3,(H,34,44)(H,37,42)(H,38,43)(H,39,41)/t22?,23-,27-,29-/m0/s1.